The lowest BCUT2D eigenvalue weighted by atomic mass is 9.95. The molecule has 1 unspecified atom stereocenters. The van der Waals surface area contributed by atoms with Crippen LogP contribution in [0.2, 0.25) is 0 Å². The normalized spacial score (nSPS) is 12.4. The third-order valence-corrected chi connectivity index (χ3v) is 2.56. The standard InChI is InChI=1S/C11H16N2O2S/c1-7(2)9(10(12)16)11(14)13-5-8-3-4-15-6-8/h3-4,6-7,9H,5H2,1-2H3,(H2,12,16)(H,13,14). The Bertz CT molecular complexity index is 360. The molecule has 0 saturated carbocycles. The highest BCUT2D eigenvalue weighted by molar-refractivity contribution is 7.80. The van der Waals surface area contributed by atoms with Crippen LogP contribution >= 0.6 is 12.2 Å². The summed E-state index contributed by atoms with van der Waals surface area (Å²) in [7, 11) is 0. The van der Waals surface area contributed by atoms with E-state index in [1.807, 2.05) is 13.8 Å². The summed E-state index contributed by atoms with van der Waals surface area (Å²) in [6, 6.07) is 1.80. The van der Waals surface area contributed by atoms with E-state index >= 15 is 0 Å². The number of nitrogens with two attached hydrogens (primary N) is 1. The molecule has 1 aromatic heterocycles. The fourth-order valence-electron chi connectivity index (χ4n) is 1.45. The fourth-order valence-corrected chi connectivity index (χ4v) is 1.83. The number of hydrogen-bond acceptors (Lipinski definition) is 3. The first-order valence-electron chi connectivity index (χ1n) is 5.10. The van der Waals surface area contributed by atoms with Gasteiger partial charge < -0.3 is 15.5 Å². The molecule has 1 heterocycles. The minimum absolute atomic E-state index is 0.0989. The molecule has 0 saturated heterocycles. The molecule has 0 aliphatic carbocycles. The van der Waals surface area contributed by atoms with Crippen molar-refractivity contribution < 1.29 is 9.21 Å². The van der Waals surface area contributed by atoms with Gasteiger partial charge in [-0.3, -0.25) is 4.79 Å². The van der Waals surface area contributed by atoms with E-state index in [2.05, 4.69) is 5.32 Å². The summed E-state index contributed by atoms with van der Waals surface area (Å²) in [5.74, 6) is -0.451. The topological polar surface area (TPSA) is 68.3 Å². The Kier molecular flexibility index (Phi) is 4.49. The van der Waals surface area contributed by atoms with Gasteiger partial charge in [0, 0.05) is 12.1 Å². The molecule has 0 fully saturated rings. The molecule has 0 bridgehead atoms. The van der Waals surface area contributed by atoms with Gasteiger partial charge in [0.1, 0.15) is 0 Å². The molecule has 3 N–H and O–H groups in total. The van der Waals surface area contributed by atoms with E-state index in [1.165, 1.54) is 0 Å². The molecule has 1 rings (SSSR count). The summed E-state index contributed by atoms with van der Waals surface area (Å²) in [5, 5.41) is 2.78. The third kappa shape index (κ3) is 3.34. The van der Waals surface area contributed by atoms with Gasteiger partial charge in [-0.1, -0.05) is 26.1 Å². The summed E-state index contributed by atoms with van der Waals surface area (Å²) in [4.78, 5) is 12.0. The number of thiocarbonyl (C=S) groups is 1. The summed E-state index contributed by atoms with van der Waals surface area (Å²) in [5.41, 5.74) is 6.46. The summed E-state index contributed by atoms with van der Waals surface area (Å²) in [6.45, 7) is 4.27. The Morgan fingerprint density at radius 2 is 2.31 bits per heavy atom. The Balaban J connectivity index is 2.53. The Hall–Kier alpha value is -1.36. The van der Waals surface area contributed by atoms with Gasteiger partial charge in [0.2, 0.25) is 5.91 Å². The Morgan fingerprint density at radius 3 is 2.75 bits per heavy atom. The molecule has 0 aliphatic rings. The van der Waals surface area contributed by atoms with Crippen LogP contribution in [0.1, 0.15) is 19.4 Å². The van der Waals surface area contributed by atoms with Crippen molar-refractivity contribution in [2.75, 3.05) is 0 Å². The van der Waals surface area contributed by atoms with Crippen LogP contribution in [0.3, 0.4) is 0 Å². The second kappa shape index (κ2) is 5.65. The van der Waals surface area contributed by atoms with E-state index in [1.54, 1.807) is 18.6 Å². The molecule has 0 aliphatic heterocycles. The highest BCUT2D eigenvalue weighted by Crippen LogP contribution is 2.11. The first-order valence-corrected chi connectivity index (χ1v) is 5.51. The number of carbonyl (C=O) groups excluding carboxylic acids is 1. The predicted molar refractivity (Wildman–Crippen MR) is 65.7 cm³/mol. The molecule has 5 heteroatoms. The molecule has 1 atom stereocenters. The molecule has 0 aromatic carbocycles. The second-order valence-corrected chi connectivity index (χ2v) is 4.44. The molecule has 1 amide bonds. The molecule has 0 spiro atoms. The molecule has 4 nitrogen and oxygen atoms in total. The zero-order valence-corrected chi connectivity index (χ0v) is 10.2. The van der Waals surface area contributed by atoms with E-state index in [4.69, 9.17) is 22.4 Å². The average molecular weight is 240 g/mol. The molecule has 1 aromatic rings. The minimum atomic E-state index is -0.415. The van der Waals surface area contributed by atoms with Crippen molar-refractivity contribution in [2.45, 2.75) is 20.4 Å². The average Bonchev–Trinajstić information content (AvgIpc) is 2.65. The first kappa shape index (κ1) is 12.7. The maximum atomic E-state index is 11.8. The lowest BCUT2D eigenvalue weighted by Gasteiger charge is -2.18. The smallest absolute Gasteiger partial charge is 0.230 e. The quantitative estimate of drug-likeness (QED) is 0.764. The number of nitrogens with one attached hydrogen (secondary N) is 1. The number of amides is 1. The van der Waals surface area contributed by atoms with E-state index in [-0.39, 0.29) is 16.8 Å². The van der Waals surface area contributed by atoms with Gasteiger partial charge in [0.05, 0.1) is 23.4 Å². The van der Waals surface area contributed by atoms with Crippen molar-refractivity contribution in [1.29, 1.82) is 0 Å². The summed E-state index contributed by atoms with van der Waals surface area (Å²) >= 11 is 4.88. The van der Waals surface area contributed by atoms with Crippen LogP contribution in [0.15, 0.2) is 23.0 Å². The van der Waals surface area contributed by atoms with E-state index in [9.17, 15) is 4.79 Å². The van der Waals surface area contributed by atoms with Crippen molar-refractivity contribution in [3.63, 3.8) is 0 Å². The van der Waals surface area contributed by atoms with Crippen LogP contribution in [-0.4, -0.2) is 10.9 Å². The van der Waals surface area contributed by atoms with Crippen LogP contribution in [0.4, 0.5) is 0 Å². The van der Waals surface area contributed by atoms with Crippen LogP contribution < -0.4 is 11.1 Å². The van der Waals surface area contributed by atoms with E-state index < -0.39 is 5.92 Å². The van der Waals surface area contributed by atoms with Gasteiger partial charge in [0.15, 0.2) is 0 Å². The molecular formula is C11H16N2O2S. The largest absolute Gasteiger partial charge is 0.472 e. The SMILES string of the molecule is CC(C)C(C(=O)NCc1ccoc1)C(N)=S. The maximum Gasteiger partial charge on any atom is 0.230 e. The van der Waals surface area contributed by atoms with Crippen LogP contribution in [0.5, 0.6) is 0 Å². The van der Waals surface area contributed by atoms with Crippen molar-refractivity contribution in [2.24, 2.45) is 17.6 Å². The Morgan fingerprint density at radius 1 is 1.62 bits per heavy atom. The van der Waals surface area contributed by atoms with Crippen LogP contribution in [0.25, 0.3) is 0 Å². The zero-order chi connectivity index (χ0) is 12.1. The van der Waals surface area contributed by atoms with Crippen molar-refractivity contribution in [1.82, 2.24) is 5.32 Å². The lowest BCUT2D eigenvalue weighted by molar-refractivity contribution is -0.124. The van der Waals surface area contributed by atoms with Gasteiger partial charge in [-0.05, 0) is 12.0 Å². The molecular weight excluding hydrogens is 224 g/mol. The minimum Gasteiger partial charge on any atom is -0.472 e. The summed E-state index contributed by atoms with van der Waals surface area (Å²) < 4.78 is 4.90. The van der Waals surface area contributed by atoms with Gasteiger partial charge in [-0.25, -0.2) is 0 Å². The lowest BCUT2D eigenvalue weighted by Crippen LogP contribution is -2.40. The van der Waals surface area contributed by atoms with Gasteiger partial charge >= 0.3 is 0 Å². The van der Waals surface area contributed by atoms with Gasteiger partial charge in [-0.2, -0.15) is 0 Å². The van der Waals surface area contributed by atoms with Crippen molar-refractivity contribution in [3.05, 3.63) is 24.2 Å². The fraction of sp³-hybridized carbons (Fsp3) is 0.455. The summed E-state index contributed by atoms with van der Waals surface area (Å²) in [6.07, 6.45) is 3.15. The predicted octanol–water partition coefficient (Wildman–Crippen LogP) is 1.45. The molecule has 16 heavy (non-hydrogen) atoms. The number of furan rings is 1. The van der Waals surface area contributed by atoms with Crippen LogP contribution in [0, 0.1) is 11.8 Å². The van der Waals surface area contributed by atoms with E-state index in [0.29, 0.717) is 6.54 Å². The Labute approximate surface area is 100 Å². The van der Waals surface area contributed by atoms with Crippen molar-refractivity contribution >= 4 is 23.1 Å². The van der Waals surface area contributed by atoms with E-state index in [0.717, 1.165) is 5.56 Å². The van der Waals surface area contributed by atoms with Crippen molar-refractivity contribution in [3.8, 4) is 0 Å². The highest BCUT2D eigenvalue weighted by atomic mass is 32.1. The highest BCUT2D eigenvalue weighted by Gasteiger charge is 2.24. The monoisotopic (exact) mass is 240 g/mol. The number of carbonyl (C=O) groups is 1. The second-order valence-electron chi connectivity index (χ2n) is 3.97. The van der Waals surface area contributed by atoms with Gasteiger partial charge in [-0.15, -0.1) is 0 Å². The van der Waals surface area contributed by atoms with Crippen LogP contribution in [-0.2, 0) is 11.3 Å². The number of rotatable bonds is 5. The maximum absolute atomic E-state index is 11.8. The molecule has 0 radical (unpaired) electrons. The number of hydrogen-bond donors (Lipinski definition) is 2. The zero-order valence-electron chi connectivity index (χ0n) is 9.40. The first-order chi connectivity index (χ1) is 7.52. The van der Waals surface area contributed by atoms with Gasteiger partial charge in [0.25, 0.3) is 0 Å². The molecule has 88 valence electrons. The third-order valence-electron chi connectivity index (χ3n) is 2.30.